The summed E-state index contributed by atoms with van der Waals surface area (Å²) in [6, 6.07) is 9.39. The largest absolute Gasteiger partial charge is 0.376 e. The summed E-state index contributed by atoms with van der Waals surface area (Å²) in [4.78, 5) is 18.6. The molecular weight excluding hydrogens is 320 g/mol. The molecule has 1 aromatic heterocycles. The van der Waals surface area contributed by atoms with Crippen LogP contribution in [0.25, 0.3) is 5.69 Å². The number of hydrogen-bond acceptors (Lipinski definition) is 5. The van der Waals surface area contributed by atoms with E-state index in [1.165, 1.54) is 0 Å². The van der Waals surface area contributed by atoms with Gasteiger partial charge >= 0.3 is 6.03 Å². The normalized spacial score (nSPS) is 18.1. The van der Waals surface area contributed by atoms with Crippen LogP contribution in [0.3, 0.4) is 0 Å². The van der Waals surface area contributed by atoms with Crippen molar-refractivity contribution in [3.8, 4) is 5.69 Å². The Kier molecular flexibility index (Phi) is 5.62. The van der Waals surface area contributed by atoms with Gasteiger partial charge in [0.1, 0.15) is 5.82 Å². The van der Waals surface area contributed by atoms with Crippen LogP contribution in [0.4, 0.5) is 10.7 Å². The van der Waals surface area contributed by atoms with Gasteiger partial charge in [0.15, 0.2) is 0 Å². The first-order valence-corrected chi connectivity index (χ1v) is 8.50. The molecule has 8 heteroatoms. The molecule has 2 aromatic rings. The lowest BCUT2D eigenvalue weighted by Gasteiger charge is -2.30. The van der Waals surface area contributed by atoms with Crippen LogP contribution in [0.1, 0.15) is 12.7 Å². The molecule has 3 rings (SSSR count). The molecule has 1 aliphatic rings. The number of urea groups is 1. The van der Waals surface area contributed by atoms with Crippen LogP contribution in [-0.2, 0) is 4.74 Å². The fourth-order valence-electron chi connectivity index (χ4n) is 2.82. The highest BCUT2D eigenvalue weighted by Gasteiger charge is 2.16. The number of hydrogen-bond donors (Lipinski definition) is 2. The first-order chi connectivity index (χ1) is 12.1. The van der Waals surface area contributed by atoms with Gasteiger partial charge in [-0.2, -0.15) is 4.98 Å². The highest BCUT2D eigenvalue weighted by atomic mass is 16.5. The minimum Gasteiger partial charge on any atom is -0.376 e. The van der Waals surface area contributed by atoms with Gasteiger partial charge in [0, 0.05) is 26.2 Å². The molecular formula is C17H24N6O2. The molecule has 2 amide bonds. The maximum atomic E-state index is 12.0. The number of para-hydroxylation sites is 1. The molecule has 2 heterocycles. The highest BCUT2D eigenvalue weighted by Crippen LogP contribution is 2.10. The van der Waals surface area contributed by atoms with Crippen LogP contribution in [0, 0.1) is 6.92 Å². The second-order valence-corrected chi connectivity index (χ2v) is 6.09. The number of carbonyl (C=O) groups is 1. The standard InChI is InChI=1S/C17H24N6O2/c1-13-12-22(10-11-25-13)9-8-18-17(24)20-16-19-14(2)23(21-16)15-6-4-3-5-7-15/h3-7,13H,8-12H2,1-2H3,(H2,18,20,21,24). The molecule has 0 aliphatic carbocycles. The van der Waals surface area contributed by atoms with E-state index in [2.05, 4.69) is 32.5 Å². The van der Waals surface area contributed by atoms with Crippen LogP contribution in [0.15, 0.2) is 30.3 Å². The van der Waals surface area contributed by atoms with Gasteiger partial charge in [0.05, 0.1) is 18.4 Å². The summed E-state index contributed by atoms with van der Waals surface area (Å²) >= 11 is 0. The molecule has 1 fully saturated rings. The molecule has 1 atom stereocenters. The van der Waals surface area contributed by atoms with Crippen molar-refractivity contribution in [2.24, 2.45) is 0 Å². The maximum absolute atomic E-state index is 12.0. The predicted molar refractivity (Wildman–Crippen MR) is 95.0 cm³/mol. The van der Waals surface area contributed by atoms with E-state index in [9.17, 15) is 4.79 Å². The third-order valence-corrected chi connectivity index (χ3v) is 4.03. The summed E-state index contributed by atoms with van der Waals surface area (Å²) in [6.45, 7) is 7.81. The number of aromatic nitrogens is 3. The van der Waals surface area contributed by atoms with Crippen molar-refractivity contribution in [1.82, 2.24) is 25.0 Å². The summed E-state index contributed by atoms with van der Waals surface area (Å²) in [7, 11) is 0. The summed E-state index contributed by atoms with van der Waals surface area (Å²) in [5.74, 6) is 1.00. The van der Waals surface area contributed by atoms with E-state index in [1.807, 2.05) is 37.3 Å². The van der Waals surface area contributed by atoms with Crippen LogP contribution in [-0.4, -0.2) is 64.6 Å². The number of nitrogens with one attached hydrogen (secondary N) is 2. The molecule has 0 radical (unpaired) electrons. The number of nitrogens with zero attached hydrogens (tertiary/aromatic N) is 4. The highest BCUT2D eigenvalue weighted by molar-refractivity contribution is 5.87. The first-order valence-electron chi connectivity index (χ1n) is 8.50. The summed E-state index contributed by atoms with van der Waals surface area (Å²) in [5, 5.41) is 9.86. The van der Waals surface area contributed by atoms with E-state index in [0.717, 1.165) is 31.9 Å². The average molecular weight is 344 g/mol. The van der Waals surface area contributed by atoms with Gasteiger partial charge < -0.3 is 10.1 Å². The number of amides is 2. The summed E-state index contributed by atoms with van der Waals surface area (Å²) in [5.41, 5.74) is 0.905. The average Bonchev–Trinajstić information content (AvgIpc) is 2.96. The molecule has 25 heavy (non-hydrogen) atoms. The van der Waals surface area contributed by atoms with Crippen molar-refractivity contribution in [2.45, 2.75) is 20.0 Å². The van der Waals surface area contributed by atoms with Crippen LogP contribution in [0.2, 0.25) is 0 Å². The van der Waals surface area contributed by atoms with Gasteiger partial charge in [-0.1, -0.05) is 18.2 Å². The van der Waals surface area contributed by atoms with Crippen LogP contribution < -0.4 is 10.6 Å². The molecule has 1 unspecified atom stereocenters. The Hall–Kier alpha value is -2.45. The zero-order valence-corrected chi connectivity index (χ0v) is 14.6. The van der Waals surface area contributed by atoms with E-state index >= 15 is 0 Å². The van der Waals surface area contributed by atoms with Gasteiger partial charge in [-0.3, -0.25) is 10.2 Å². The number of ether oxygens (including phenoxy) is 1. The van der Waals surface area contributed by atoms with Crippen molar-refractivity contribution in [2.75, 3.05) is 38.1 Å². The van der Waals surface area contributed by atoms with E-state index < -0.39 is 0 Å². The molecule has 1 aromatic carbocycles. The second kappa shape index (κ2) is 8.09. The summed E-state index contributed by atoms with van der Waals surface area (Å²) < 4.78 is 7.20. The van der Waals surface area contributed by atoms with Crippen LogP contribution in [0.5, 0.6) is 0 Å². The Morgan fingerprint density at radius 1 is 1.36 bits per heavy atom. The third kappa shape index (κ3) is 4.77. The van der Waals surface area contributed by atoms with Gasteiger partial charge in [0.2, 0.25) is 0 Å². The molecule has 134 valence electrons. The fraction of sp³-hybridized carbons (Fsp3) is 0.471. The Balaban J connectivity index is 1.48. The van der Waals surface area contributed by atoms with E-state index in [-0.39, 0.29) is 12.1 Å². The third-order valence-electron chi connectivity index (χ3n) is 4.03. The number of carbonyl (C=O) groups excluding carboxylic acids is 1. The lowest BCUT2D eigenvalue weighted by atomic mass is 10.3. The quantitative estimate of drug-likeness (QED) is 0.857. The van der Waals surface area contributed by atoms with Crippen molar-refractivity contribution < 1.29 is 9.53 Å². The molecule has 1 saturated heterocycles. The number of anilines is 1. The Bertz CT molecular complexity index is 702. The lowest BCUT2D eigenvalue weighted by Crippen LogP contribution is -2.45. The van der Waals surface area contributed by atoms with Gasteiger partial charge in [-0.15, -0.1) is 5.10 Å². The lowest BCUT2D eigenvalue weighted by molar-refractivity contribution is -0.0174. The predicted octanol–water partition coefficient (Wildman–Crippen LogP) is 1.42. The van der Waals surface area contributed by atoms with Crippen molar-refractivity contribution in [3.63, 3.8) is 0 Å². The van der Waals surface area contributed by atoms with E-state index in [1.54, 1.807) is 4.68 Å². The van der Waals surface area contributed by atoms with E-state index in [4.69, 9.17) is 4.74 Å². The molecule has 1 aliphatic heterocycles. The molecule has 8 nitrogen and oxygen atoms in total. The zero-order chi connectivity index (χ0) is 17.6. The zero-order valence-electron chi connectivity index (χ0n) is 14.6. The van der Waals surface area contributed by atoms with Crippen molar-refractivity contribution >= 4 is 12.0 Å². The molecule has 2 N–H and O–H groups in total. The SMILES string of the molecule is Cc1nc(NC(=O)NCCN2CCOC(C)C2)nn1-c1ccccc1. The molecule has 0 spiro atoms. The number of morpholine rings is 1. The molecule has 0 saturated carbocycles. The monoisotopic (exact) mass is 344 g/mol. The number of rotatable bonds is 5. The number of benzene rings is 1. The second-order valence-electron chi connectivity index (χ2n) is 6.09. The topological polar surface area (TPSA) is 84.3 Å². The van der Waals surface area contributed by atoms with Crippen LogP contribution >= 0.6 is 0 Å². The molecule has 0 bridgehead atoms. The van der Waals surface area contributed by atoms with Gasteiger partial charge in [0.25, 0.3) is 5.95 Å². The van der Waals surface area contributed by atoms with Gasteiger partial charge in [-0.05, 0) is 26.0 Å². The summed E-state index contributed by atoms with van der Waals surface area (Å²) in [6.07, 6.45) is 0.247. The first kappa shape index (κ1) is 17.4. The minimum absolute atomic E-state index is 0.247. The van der Waals surface area contributed by atoms with Crippen molar-refractivity contribution in [1.29, 1.82) is 0 Å². The smallest absolute Gasteiger partial charge is 0.321 e. The van der Waals surface area contributed by atoms with Gasteiger partial charge in [-0.25, -0.2) is 9.48 Å². The Morgan fingerprint density at radius 2 is 2.16 bits per heavy atom. The minimum atomic E-state index is -0.300. The van der Waals surface area contributed by atoms with Crippen molar-refractivity contribution in [3.05, 3.63) is 36.2 Å². The fourth-order valence-corrected chi connectivity index (χ4v) is 2.82. The maximum Gasteiger partial charge on any atom is 0.321 e. The Morgan fingerprint density at radius 3 is 2.92 bits per heavy atom. The Labute approximate surface area is 147 Å². The van der Waals surface area contributed by atoms with E-state index in [0.29, 0.717) is 18.3 Å². The number of aryl methyl sites for hydroxylation is 1.